The lowest BCUT2D eigenvalue weighted by Gasteiger charge is -2.28. The summed E-state index contributed by atoms with van der Waals surface area (Å²) in [5.41, 5.74) is 2.49. The van der Waals surface area contributed by atoms with Crippen molar-refractivity contribution in [2.24, 2.45) is 0 Å². The van der Waals surface area contributed by atoms with Gasteiger partial charge in [-0.25, -0.2) is 0 Å². The second-order valence-electron chi connectivity index (χ2n) is 5.99. The van der Waals surface area contributed by atoms with E-state index in [1.165, 1.54) is 0 Å². The van der Waals surface area contributed by atoms with E-state index in [9.17, 15) is 5.11 Å². The Morgan fingerprint density at radius 1 is 1.20 bits per heavy atom. The molecule has 0 aliphatic carbocycles. The first-order chi connectivity index (χ1) is 12.0. The molecule has 0 unspecified atom stereocenters. The van der Waals surface area contributed by atoms with Gasteiger partial charge < -0.3 is 19.7 Å². The predicted octanol–water partition coefficient (Wildman–Crippen LogP) is 1.60. The molecule has 0 spiro atoms. The molecule has 1 aliphatic rings. The normalized spacial score (nSPS) is 15.7. The van der Waals surface area contributed by atoms with Crippen molar-refractivity contribution in [3.05, 3.63) is 40.2 Å². The SMILES string of the molecule is COc1cc(OC)c(CN2CCn3nc([C@@H](O)CO)cc3C2)cc1Cl. The Bertz CT molecular complexity index is 750. The molecule has 0 saturated heterocycles. The van der Waals surface area contributed by atoms with Crippen LogP contribution in [0.5, 0.6) is 11.5 Å². The summed E-state index contributed by atoms with van der Waals surface area (Å²) in [7, 11) is 3.20. The van der Waals surface area contributed by atoms with Gasteiger partial charge in [0, 0.05) is 31.3 Å². The fraction of sp³-hybridized carbons (Fsp3) is 0.471. The summed E-state index contributed by atoms with van der Waals surface area (Å²) in [6.45, 7) is 2.57. The van der Waals surface area contributed by atoms with Crippen LogP contribution in [-0.4, -0.2) is 52.3 Å². The minimum atomic E-state index is -0.938. The van der Waals surface area contributed by atoms with Crippen LogP contribution in [0.3, 0.4) is 0 Å². The maximum absolute atomic E-state index is 9.75. The van der Waals surface area contributed by atoms with Crippen LogP contribution in [0.4, 0.5) is 0 Å². The topological polar surface area (TPSA) is 80.0 Å². The van der Waals surface area contributed by atoms with Crippen LogP contribution in [0.25, 0.3) is 0 Å². The van der Waals surface area contributed by atoms with Crippen molar-refractivity contribution in [3.63, 3.8) is 0 Å². The number of methoxy groups -OCH3 is 2. The van der Waals surface area contributed by atoms with Crippen molar-refractivity contribution in [3.8, 4) is 11.5 Å². The molecule has 1 atom stereocenters. The third-order valence-electron chi connectivity index (χ3n) is 4.36. The molecule has 2 N–H and O–H groups in total. The van der Waals surface area contributed by atoms with Gasteiger partial charge in [0.1, 0.15) is 17.6 Å². The van der Waals surface area contributed by atoms with Crippen LogP contribution in [-0.2, 0) is 19.6 Å². The maximum Gasteiger partial charge on any atom is 0.141 e. The molecule has 0 radical (unpaired) electrons. The molecule has 3 rings (SSSR count). The number of nitrogens with zero attached hydrogens (tertiary/aromatic N) is 3. The largest absolute Gasteiger partial charge is 0.496 e. The van der Waals surface area contributed by atoms with Crippen LogP contribution in [0.2, 0.25) is 5.02 Å². The molecule has 1 aromatic heterocycles. The zero-order valence-corrected chi connectivity index (χ0v) is 15.0. The lowest BCUT2D eigenvalue weighted by atomic mass is 10.1. The Morgan fingerprint density at radius 2 is 1.96 bits per heavy atom. The van der Waals surface area contributed by atoms with Gasteiger partial charge in [-0.1, -0.05) is 11.6 Å². The number of halogens is 1. The monoisotopic (exact) mass is 367 g/mol. The quantitative estimate of drug-likeness (QED) is 0.807. The number of rotatable bonds is 6. The number of hydrogen-bond donors (Lipinski definition) is 2. The molecule has 1 aliphatic heterocycles. The van der Waals surface area contributed by atoms with E-state index in [1.807, 2.05) is 16.8 Å². The average Bonchev–Trinajstić information content (AvgIpc) is 3.04. The lowest BCUT2D eigenvalue weighted by molar-refractivity contribution is 0.0915. The molecule has 0 fully saturated rings. The summed E-state index contributed by atoms with van der Waals surface area (Å²) in [4.78, 5) is 2.26. The molecule has 0 saturated carbocycles. The third kappa shape index (κ3) is 3.74. The number of aliphatic hydroxyl groups excluding tert-OH is 2. The Labute approximate surface area is 151 Å². The van der Waals surface area contributed by atoms with Gasteiger partial charge in [-0.05, 0) is 12.1 Å². The molecule has 0 amide bonds. The molecule has 8 heteroatoms. The number of ether oxygens (including phenoxy) is 2. The zero-order valence-electron chi connectivity index (χ0n) is 14.3. The van der Waals surface area contributed by atoms with Gasteiger partial charge in [0.05, 0.1) is 43.8 Å². The smallest absolute Gasteiger partial charge is 0.141 e. The summed E-state index contributed by atoms with van der Waals surface area (Å²) in [5, 5.41) is 23.7. The minimum Gasteiger partial charge on any atom is -0.496 e. The predicted molar refractivity (Wildman–Crippen MR) is 92.9 cm³/mol. The number of aromatic nitrogens is 2. The van der Waals surface area contributed by atoms with Crippen LogP contribution in [0.15, 0.2) is 18.2 Å². The highest BCUT2D eigenvalue weighted by Gasteiger charge is 2.22. The first-order valence-electron chi connectivity index (χ1n) is 8.04. The van der Waals surface area contributed by atoms with E-state index in [0.29, 0.717) is 29.6 Å². The van der Waals surface area contributed by atoms with Gasteiger partial charge >= 0.3 is 0 Å². The van der Waals surface area contributed by atoms with Gasteiger partial charge in [-0.2, -0.15) is 5.10 Å². The van der Waals surface area contributed by atoms with Crippen molar-refractivity contribution in [1.82, 2.24) is 14.7 Å². The molecule has 2 heterocycles. The van der Waals surface area contributed by atoms with E-state index < -0.39 is 6.10 Å². The van der Waals surface area contributed by atoms with Gasteiger partial charge in [0.15, 0.2) is 0 Å². The fourth-order valence-electron chi connectivity index (χ4n) is 3.02. The minimum absolute atomic E-state index is 0.332. The molecule has 7 nitrogen and oxygen atoms in total. The third-order valence-corrected chi connectivity index (χ3v) is 4.65. The molecular weight excluding hydrogens is 346 g/mol. The summed E-state index contributed by atoms with van der Waals surface area (Å²) in [6, 6.07) is 5.50. The van der Waals surface area contributed by atoms with Crippen molar-refractivity contribution >= 4 is 11.6 Å². The van der Waals surface area contributed by atoms with Gasteiger partial charge in [0.25, 0.3) is 0 Å². The van der Waals surface area contributed by atoms with Gasteiger partial charge in [-0.15, -0.1) is 0 Å². The summed E-state index contributed by atoms with van der Waals surface area (Å²) in [6.07, 6.45) is -0.938. The van der Waals surface area contributed by atoms with Gasteiger partial charge in [0.2, 0.25) is 0 Å². The average molecular weight is 368 g/mol. The molecule has 1 aromatic carbocycles. The first-order valence-corrected chi connectivity index (χ1v) is 8.41. The van der Waals surface area contributed by atoms with Crippen LogP contribution >= 0.6 is 11.6 Å². The van der Waals surface area contributed by atoms with Crippen molar-refractivity contribution in [2.45, 2.75) is 25.7 Å². The Balaban J connectivity index is 1.77. The van der Waals surface area contributed by atoms with Crippen LogP contribution in [0.1, 0.15) is 23.1 Å². The molecule has 2 aromatic rings. The summed E-state index contributed by atoms with van der Waals surface area (Å²) in [5.74, 6) is 1.32. The number of aliphatic hydroxyl groups is 2. The molecule has 25 heavy (non-hydrogen) atoms. The Hall–Kier alpha value is -1.80. The van der Waals surface area contributed by atoms with Crippen molar-refractivity contribution in [1.29, 1.82) is 0 Å². The van der Waals surface area contributed by atoms with E-state index in [-0.39, 0.29) is 6.61 Å². The highest BCUT2D eigenvalue weighted by atomic mass is 35.5. The van der Waals surface area contributed by atoms with Gasteiger partial charge in [-0.3, -0.25) is 9.58 Å². The Morgan fingerprint density at radius 3 is 2.64 bits per heavy atom. The van der Waals surface area contributed by atoms with E-state index >= 15 is 0 Å². The Kier molecular flexibility index (Phi) is 5.48. The van der Waals surface area contributed by atoms with Crippen molar-refractivity contribution in [2.75, 3.05) is 27.4 Å². The zero-order chi connectivity index (χ0) is 18.0. The van der Waals surface area contributed by atoms with Crippen molar-refractivity contribution < 1.29 is 19.7 Å². The fourth-order valence-corrected chi connectivity index (χ4v) is 3.28. The van der Waals surface area contributed by atoms with E-state index in [1.54, 1.807) is 20.3 Å². The molecule has 136 valence electrons. The van der Waals surface area contributed by atoms with E-state index in [2.05, 4.69) is 10.00 Å². The number of hydrogen-bond acceptors (Lipinski definition) is 6. The number of benzene rings is 1. The van der Waals surface area contributed by atoms with E-state index in [4.69, 9.17) is 26.2 Å². The second kappa shape index (κ2) is 7.61. The van der Waals surface area contributed by atoms with Crippen LogP contribution in [0, 0.1) is 0 Å². The van der Waals surface area contributed by atoms with E-state index in [0.717, 1.165) is 30.1 Å². The lowest BCUT2D eigenvalue weighted by Crippen LogP contribution is -2.33. The maximum atomic E-state index is 9.75. The highest BCUT2D eigenvalue weighted by Crippen LogP contribution is 2.33. The summed E-state index contributed by atoms with van der Waals surface area (Å²) < 4.78 is 12.6. The molecular formula is C17H22ClN3O4. The summed E-state index contributed by atoms with van der Waals surface area (Å²) >= 11 is 6.25. The number of fused-ring (bicyclic) bond motifs is 1. The van der Waals surface area contributed by atoms with Crippen LogP contribution < -0.4 is 9.47 Å². The molecule has 0 bridgehead atoms. The first kappa shape index (κ1) is 18.0. The standard InChI is InChI=1S/C17H22ClN3O4/c1-24-16-7-17(25-2)13(18)5-11(16)8-20-3-4-21-12(9-20)6-14(19-21)15(23)10-22/h5-7,15,22-23H,3-4,8-10H2,1-2H3/t15-/m0/s1. The second-order valence-corrected chi connectivity index (χ2v) is 6.40. The highest BCUT2D eigenvalue weighted by molar-refractivity contribution is 6.32.